The van der Waals surface area contributed by atoms with E-state index in [1.807, 2.05) is 6.92 Å². The SMILES string of the molecule is COCC(C)OCC(O)COc1cccc(C(C)=O)c1. The number of methoxy groups -OCH3 is 1. The van der Waals surface area contributed by atoms with E-state index in [-0.39, 0.29) is 25.1 Å². The molecule has 1 rings (SSSR count). The minimum Gasteiger partial charge on any atom is -0.491 e. The average Bonchev–Trinajstić information content (AvgIpc) is 2.43. The van der Waals surface area contributed by atoms with Gasteiger partial charge in [0, 0.05) is 12.7 Å². The molecule has 112 valence electrons. The fourth-order valence-corrected chi connectivity index (χ4v) is 1.60. The topological polar surface area (TPSA) is 65.0 Å². The Morgan fingerprint density at radius 1 is 1.30 bits per heavy atom. The van der Waals surface area contributed by atoms with Gasteiger partial charge in [0.05, 0.1) is 19.3 Å². The number of rotatable bonds is 9. The number of ketones is 1. The first kappa shape index (κ1) is 16.6. The Hall–Kier alpha value is -1.43. The lowest BCUT2D eigenvalue weighted by Gasteiger charge is -2.16. The first-order valence-electron chi connectivity index (χ1n) is 6.55. The summed E-state index contributed by atoms with van der Waals surface area (Å²) in [5.74, 6) is 0.536. The molecule has 0 aliphatic carbocycles. The lowest BCUT2D eigenvalue weighted by Crippen LogP contribution is -2.27. The van der Waals surface area contributed by atoms with E-state index in [1.54, 1.807) is 31.4 Å². The summed E-state index contributed by atoms with van der Waals surface area (Å²) >= 11 is 0. The Morgan fingerprint density at radius 2 is 2.05 bits per heavy atom. The van der Waals surface area contributed by atoms with E-state index in [1.165, 1.54) is 6.92 Å². The molecule has 0 spiro atoms. The summed E-state index contributed by atoms with van der Waals surface area (Å²) in [6.07, 6.45) is -0.800. The molecule has 0 amide bonds. The molecule has 0 fully saturated rings. The Balaban J connectivity index is 2.35. The molecule has 2 unspecified atom stereocenters. The van der Waals surface area contributed by atoms with Crippen LogP contribution in [0.15, 0.2) is 24.3 Å². The number of benzene rings is 1. The van der Waals surface area contributed by atoms with Gasteiger partial charge in [0.15, 0.2) is 5.78 Å². The van der Waals surface area contributed by atoms with Crippen LogP contribution in [0.5, 0.6) is 5.75 Å². The molecule has 20 heavy (non-hydrogen) atoms. The first-order valence-corrected chi connectivity index (χ1v) is 6.55. The zero-order valence-electron chi connectivity index (χ0n) is 12.2. The zero-order valence-corrected chi connectivity index (χ0v) is 12.2. The Morgan fingerprint density at radius 3 is 2.70 bits per heavy atom. The van der Waals surface area contributed by atoms with Gasteiger partial charge in [0.25, 0.3) is 0 Å². The van der Waals surface area contributed by atoms with Crippen molar-refractivity contribution in [2.45, 2.75) is 26.1 Å². The second kappa shape index (κ2) is 8.68. The van der Waals surface area contributed by atoms with E-state index in [0.29, 0.717) is 17.9 Å². The van der Waals surface area contributed by atoms with Crippen LogP contribution in [0.25, 0.3) is 0 Å². The van der Waals surface area contributed by atoms with Crippen molar-refractivity contribution in [1.29, 1.82) is 0 Å². The number of carbonyl (C=O) groups is 1. The number of hydrogen-bond donors (Lipinski definition) is 1. The molecule has 0 radical (unpaired) electrons. The van der Waals surface area contributed by atoms with Crippen LogP contribution in [-0.2, 0) is 9.47 Å². The highest BCUT2D eigenvalue weighted by Crippen LogP contribution is 2.14. The van der Waals surface area contributed by atoms with Crippen molar-refractivity contribution in [1.82, 2.24) is 0 Å². The number of aliphatic hydroxyl groups excluding tert-OH is 1. The normalized spacial score (nSPS) is 13.8. The molecule has 0 aliphatic heterocycles. The van der Waals surface area contributed by atoms with Crippen LogP contribution in [0.1, 0.15) is 24.2 Å². The highest BCUT2D eigenvalue weighted by atomic mass is 16.5. The number of ether oxygens (including phenoxy) is 3. The van der Waals surface area contributed by atoms with Gasteiger partial charge in [-0.15, -0.1) is 0 Å². The van der Waals surface area contributed by atoms with Gasteiger partial charge in [0.1, 0.15) is 18.5 Å². The molecule has 1 aromatic carbocycles. The first-order chi connectivity index (χ1) is 9.52. The van der Waals surface area contributed by atoms with E-state index in [4.69, 9.17) is 14.2 Å². The van der Waals surface area contributed by atoms with Crippen molar-refractivity contribution in [2.75, 3.05) is 26.9 Å². The fourth-order valence-electron chi connectivity index (χ4n) is 1.60. The third-order valence-electron chi connectivity index (χ3n) is 2.66. The van der Waals surface area contributed by atoms with Gasteiger partial charge in [0.2, 0.25) is 0 Å². The maximum atomic E-state index is 11.2. The number of aliphatic hydroxyl groups is 1. The van der Waals surface area contributed by atoms with Crippen LogP contribution in [0.2, 0.25) is 0 Å². The van der Waals surface area contributed by atoms with Crippen LogP contribution < -0.4 is 4.74 Å². The quantitative estimate of drug-likeness (QED) is 0.698. The highest BCUT2D eigenvalue weighted by molar-refractivity contribution is 5.94. The van der Waals surface area contributed by atoms with Crippen LogP contribution in [-0.4, -0.2) is 50.0 Å². The summed E-state index contributed by atoms with van der Waals surface area (Å²) in [6, 6.07) is 6.87. The van der Waals surface area contributed by atoms with Crippen molar-refractivity contribution < 1.29 is 24.1 Å². The molecule has 1 aromatic rings. The molecule has 0 heterocycles. The molecule has 1 N–H and O–H groups in total. The smallest absolute Gasteiger partial charge is 0.159 e. The van der Waals surface area contributed by atoms with Crippen LogP contribution in [0.3, 0.4) is 0 Å². The van der Waals surface area contributed by atoms with Gasteiger partial charge >= 0.3 is 0 Å². The van der Waals surface area contributed by atoms with Crippen LogP contribution in [0.4, 0.5) is 0 Å². The average molecular weight is 282 g/mol. The third-order valence-corrected chi connectivity index (χ3v) is 2.66. The molecule has 0 saturated heterocycles. The van der Waals surface area contributed by atoms with E-state index >= 15 is 0 Å². The predicted molar refractivity (Wildman–Crippen MR) is 75.2 cm³/mol. The minimum absolute atomic E-state index is 0.0206. The molecule has 2 atom stereocenters. The summed E-state index contributed by atoms with van der Waals surface area (Å²) in [4.78, 5) is 11.2. The summed E-state index contributed by atoms with van der Waals surface area (Å²) < 4.78 is 15.8. The molecular weight excluding hydrogens is 260 g/mol. The third kappa shape index (κ3) is 6.14. The minimum atomic E-state index is -0.727. The fraction of sp³-hybridized carbons (Fsp3) is 0.533. The van der Waals surface area contributed by atoms with Crippen molar-refractivity contribution in [3.05, 3.63) is 29.8 Å². The molecule has 0 aromatic heterocycles. The van der Waals surface area contributed by atoms with Gasteiger partial charge in [-0.25, -0.2) is 0 Å². The largest absolute Gasteiger partial charge is 0.491 e. The maximum absolute atomic E-state index is 11.2. The van der Waals surface area contributed by atoms with Gasteiger partial charge < -0.3 is 19.3 Å². The van der Waals surface area contributed by atoms with E-state index in [0.717, 1.165) is 0 Å². The highest BCUT2D eigenvalue weighted by Gasteiger charge is 2.09. The Bertz CT molecular complexity index is 418. The number of Topliss-reactive ketones (excluding diaryl/α,β-unsaturated/α-hetero) is 1. The van der Waals surface area contributed by atoms with Crippen molar-refractivity contribution in [3.8, 4) is 5.75 Å². The zero-order chi connectivity index (χ0) is 15.0. The maximum Gasteiger partial charge on any atom is 0.159 e. The van der Waals surface area contributed by atoms with E-state index in [2.05, 4.69) is 0 Å². The predicted octanol–water partition coefficient (Wildman–Crippen LogP) is 1.68. The molecule has 5 nitrogen and oxygen atoms in total. The van der Waals surface area contributed by atoms with Crippen molar-refractivity contribution in [2.24, 2.45) is 0 Å². The second-order valence-corrected chi connectivity index (χ2v) is 4.65. The van der Waals surface area contributed by atoms with Crippen molar-refractivity contribution in [3.63, 3.8) is 0 Å². The van der Waals surface area contributed by atoms with Gasteiger partial charge in [-0.2, -0.15) is 0 Å². The summed E-state index contributed by atoms with van der Waals surface area (Å²) in [6.45, 7) is 4.14. The molecule has 0 aliphatic rings. The number of hydrogen-bond acceptors (Lipinski definition) is 5. The summed E-state index contributed by atoms with van der Waals surface area (Å²) in [7, 11) is 1.60. The standard InChI is InChI=1S/C15H22O5/c1-11(8-18-3)19-9-14(17)10-20-15-6-4-5-13(7-15)12(2)16/h4-7,11,14,17H,8-10H2,1-3H3. The Kier molecular flexibility index (Phi) is 7.22. The van der Waals surface area contributed by atoms with Gasteiger partial charge in [-0.3, -0.25) is 4.79 Å². The monoisotopic (exact) mass is 282 g/mol. The molecular formula is C15H22O5. The Labute approximate surface area is 119 Å². The molecule has 0 saturated carbocycles. The van der Waals surface area contributed by atoms with Gasteiger partial charge in [-0.05, 0) is 26.0 Å². The summed E-state index contributed by atoms with van der Waals surface area (Å²) in [5, 5.41) is 9.75. The van der Waals surface area contributed by atoms with Crippen LogP contribution >= 0.6 is 0 Å². The molecule has 0 bridgehead atoms. The lowest BCUT2D eigenvalue weighted by atomic mass is 10.1. The van der Waals surface area contributed by atoms with Gasteiger partial charge in [-0.1, -0.05) is 12.1 Å². The second-order valence-electron chi connectivity index (χ2n) is 4.65. The van der Waals surface area contributed by atoms with E-state index < -0.39 is 6.10 Å². The summed E-state index contributed by atoms with van der Waals surface area (Å²) in [5.41, 5.74) is 0.585. The van der Waals surface area contributed by atoms with Crippen molar-refractivity contribution >= 4 is 5.78 Å². The van der Waals surface area contributed by atoms with Crippen LogP contribution in [0, 0.1) is 0 Å². The van der Waals surface area contributed by atoms with E-state index in [9.17, 15) is 9.90 Å². The molecule has 5 heteroatoms. The number of carbonyl (C=O) groups excluding carboxylic acids is 1. The lowest BCUT2D eigenvalue weighted by molar-refractivity contribution is -0.0423.